The second kappa shape index (κ2) is 5.75. The number of hydrogen-bond acceptors (Lipinski definition) is 3. The van der Waals surface area contributed by atoms with Gasteiger partial charge in [-0.15, -0.1) is 0 Å². The van der Waals surface area contributed by atoms with Gasteiger partial charge < -0.3 is 4.74 Å². The van der Waals surface area contributed by atoms with E-state index in [9.17, 15) is 0 Å². The van der Waals surface area contributed by atoms with Gasteiger partial charge in [0.05, 0.1) is 12.1 Å². The van der Waals surface area contributed by atoms with E-state index in [4.69, 9.17) is 10.6 Å². The molecule has 0 saturated heterocycles. The average Bonchev–Trinajstić information content (AvgIpc) is 2.26. The highest BCUT2D eigenvalue weighted by molar-refractivity contribution is 5.16. The Morgan fingerprint density at radius 2 is 2.00 bits per heavy atom. The van der Waals surface area contributed by atoms with Crippen molar-refractivity contribution in [3.05, 3.63) is 35.9 Å². The highest BCUT2D eigenvalue weighted by atomic mass is 16.5. The Balaban J connectivity index is 2.57. The van der Waals surface area contributed by atoms with Crippen molar-refractivity contribution in [1.29, 1.82) is 0 Å². The van der Waals surface area contributed by atoms with Crippen molar-refractivity contribution in [1.82, 2.24) is 5.43 Å². The van der Waals surface area contributed by atoms with E-state index >= 15 is 0 Å². The highest BCUT2D eigenvalue weighted by Crippen LogP contribution is 2.06. The van der Waals surface area contributed by atoms with E-state index in [1.165, 1.54) is 5.56 Å². The number of hydrogen-bond donors (Lipinski definition) is 2. The third-order valence-electron chi connectivity index (χ3n) is 2.45. The molecule has 0 aliphatic heterocycles. The molecule has 1 rings (SSSR count). The van der Waals surface area contributed by atoms with E-state index in [1.807, 2.05) is 25.1 Å². The molecule has 1 aromatic carbocycles. The second-order valence-electron chi connectivity index (χ2n) is 3.40. The van der Waals surface area contributed by atoms with Crippen molar-refractivity contribution in [2.24, 2.45) is 5.84 Å². The molecule has 1 aromatic rings. The van der Waals surface area contributed by atoms with Crippen molar-refractivity contribution in [3.63, 3.8) is 0 Å². The van der Waals surface area contributed by atoms with Crippen LogP contribution in [0.4, 0.5) is 0 Å². The molecule has 14 heavy (non-hydrogen) atoms. The Kier molecular flexibility index (Phi) is 4.59. The number of nitrogens with two attached hydrogens (primary N) is 1. The smallest absolute Gasteiger partial charge is 0.0712 e. The minimum atomic E-state index is 0.111. The highest BCUT2D eigenvalue weighted by Gasteiger charge is 2.15. The van der Waals surface area contributed by atoms with Crippen LogP contribution >= 0.6 is 0 Å². The summed E-state index contributed by atoms with van der Waals surface area (Å²) in [7, 11) is 1.69. The number of rotatable bonds is 5. The molecule has 0 heterocycles. The molecule has 0 aromatic heterocycles. The summed E-state index contributed by atoms with van der Waals surface area (Å²) in [6.45, 7) is 2.01. The van der Waals surface area contributed by atoms with Gasteiger partial charge in [0, 0.05) is 7.11 Å². The second-order valence-corrected chi connectivity index (χ2v) is 3.40. The summed E-state index contributed by atoms with van der Waals surface area (Å²) in [4.78, 5) is 0. The predicted octanol–water partition coefficient (Wildman–Crippen LogP) is 1.10. The van der Waals surface area contributed by atoms with Crippen LogP contribution in [-0.2, 0) is 11.2 Å². The maximum absolute atomic E-state index is 5.47. The number of ether oxygens (including phenoxy) is 1. The van der Waals surface area contributed by atoms with Gasteiger partial charge in [-0.1, -0.05) is 30.3 Å². The lowest BCUT2D eigenvalue weighted by Gasteiger charge is -2.21. The van der Waals surface area contributed by atoms with E-state index < -0.39 is 0 Å². The number of nitrogens with one attached hydrogen (secondary N) is 1. The van der Waals surface area contributed by atoms with E-state index in [0.717, 1.165) is 6.42 Å². The summed E-state index contributed by atoms with van der Waals surface area (Å²) in [5.41, 5.74) is 4.04. The molecule has 0 fully saturated rings. The largest absolute Gasteiger partial charge is 0.380 e. The van der Waals surface area contributed by atoms with Crippen LogP contribution in [0.5, 0.6) is 0 Å². The molecule has 0 aliphatic carbocycles. The monoisotopic (exact) mass is 194 g/mol. The van der Waals surface area contributed by atoms with Gasteiger partial charge in [-0.2, -0.15) is 0 Å². The summed E-state index contributed by atoms with van der Waals surface area (Å²) in [6.07, 6.45) is 0.993. The third-order valence-corrected chi connectivity index (χ3v) is 2.45. The van der Waals surface area contributed by atoms with Crippen molar-refractivity contribution in [2.45, 2.75) is 25.5 Å². The maximum atomic E-state index is 5.47. The van der Waals surface area contributed by atoms with Gasteiger partial charge in [0.15, 0.2) is 0 Å². The van der Waals surface area contributed by atoms with Crippen LogP contribution in [0.3, 0.4) is 0 Å². The lowest BCUT2D eigenvalue weighted by Crippen LogP contribution is -2.45. The van der Waals surface area contributed by atoms with Crippen molar-refractivity contribution in [2.75, 3.05) is 7.11 Å². The van der Waals surface area contributed by atoms with E-state index in [-0.39, 0.29) is 12.1 Å². The first kappa shape index (κ1) is 11.2. The number of hydrazine groups is 1. The van der Waals surface area contributed by atoms with Gasteiger partial charge in [-0.25, -0.2) is 0 Å². The zero-order chi connectivity index (χ0) is 10.4. The van der Waals surface area contributed by atoms with Gasteiger partial charge in [0.2, 0.25) is 0 Å². The fourth-order valence-corrected chi connectivity index (χ4v) is 1.39. The first-order valence-electron chi connectivity index (χ1n) is 4.80. The minimum Gasteiger partial charge on any atom is -0.380 e. The quantitative estimate of drug-likeness (QED) is 0.545. The summed E-state index contributed by atoms with van der Waals surface area (Å²) < 4.78 is 5.23. The van der Waals surface area contributed by atoms with Crippen molar-refractivity contribution in [3.8, 4) is 0 Å². The molecule has 78 valence electrons. The van der Waals surface area contributed by atoms with Crippen LogP contribution in [0.2, 0.25) is 0 Å². The van der Waals surface area contributed by atoms with Gasteiger partial charge in [0.1, 0.15) is 0 Å². The lowest BCUT2D eigenvalue weighted by atomic mass is 10.0. The van der Waals surface area contributed by atoms with E-state index in [0.29, 0.717) is 0 Å². The molecule has 0 spiro atoms. The van der Waals surface area contributed by atoms with Crippen LogP contribution < -0.4 is 11.3 Å². The Labute approximate surface area is 85.2 Å². The molecule has 3 N–H and O–H groups in total. The van der Waals surface area contributed by atoms with Crippen LogP contribution in [0.1, 0.15) is 12.5 Å². The first-order chi connectivity index (χ1) is 6.77. The van der Waals surface area contributed by atoms with Gasteiger partial charge in [-0.3, -0.25) is 11.3 Å². The first-order valence-corrected chi connectivity index (χ1v) is 4.80. The Morgan fingerprint density at radius 3 is 2.50 bits per heavy atom. The van der Waals surface area contributed by atoms with Crippen LogP contribution in [-0.4, -0.2) is 19.3 Å². The molecular formula is C11H18N2O. The molecule has 0 bridgehead atoms. The van der Waals surface area contributed by atoms with Gasteiger partial charge >= 0.3 is 0 Å². The molecule has 3 heteroatoms. The predicted molar refractivity (Wildman–Crippen MR) is 57.7 cm³/mol. The number of methoxy groups -OCH3 is 1. The van der Waals surface area contributed by atoms with Gasteiger partial charge in [0.25, 0.3) is 0 Å². The zero-order valence-corrected chi connectivity index (χ0v) is 8.73. The molecule has 0 saturated carbocycles. The van der Waals surface area contributed by atoms with Crippen LogP contribution in [0.25, 0.3) is 0 Å². The number of benzene rings is 1. The van der Waals surface area contributed by atoms with Crippen molar-refractivity contribution >= 4 is 0 Å². The zero-order valence-electron chi connectivity index (χ0n) is 8.73. The summed E-state index contributed by atoms with van der Waals surface area (Å²) >= 11 is 0. The SMILES string of the molecule is COC(C)C(Cc1ccccc1)NN. The molecule has 3 nitrogen and oxygen atoms in total. The fourth-order valence-electron chi connectivity index (χ4n) is 1.39. The van der Waals surface area contributed by atoms with Crippen LogP contribution in [0, 0.1) is 0 Å². The Morgan fingerprint density at radius 1 is 1.36 bits per heavy atom. The van der Waals surface area contributed by atoms with E-state index in [2.05, 4.69) is 17.6 Å². The van der Waals surface area contributed by atoms with E-state index in [1.54, 1.807) is 7.11 Å². The van der Waals surface area contributed by atoms with Gasteiger partial charge in [-0.05, 0) is 18.9 Å². The molecule has 2 atom stereocenters. The summed E-state index contributed by atoms with van der Waals surface area (Å²) in [5.74, 6) is 5.47. The summed E-state index contributed by atoms with van der Waals surface area (Å²) in [5, 5.41) is 0. The molecule has 0 radical (unpaired) electrons. The maximum Gasteiger partial charge on any atom is 0.0712 e. The minimum absolute atomic E-state index is 0.111. The average molecular weight is 194 g/mol. The lowest BCUT2D eigenvalue weighted by molar-refractivity contribution is 0.0831. The normalized spacial score (nSPS) is 15.1. The molecule has 2 unspecified atom stereocenters. The Hall–Kier alpha value is -0.900. The van der Waals surface area contributed by atoms with Crippen molar-refractivity contribution < 1.29 is 4.74 Å². The topological polar surface area (TPSA) is 47.3 Å². The molecule has 0 aliphatic rings. The molecular weight excluding hydrogens is 176 g/mol. The fraction of sp³-hybridized carbons (Fsp3) is 0.455. The molecule has 0 amide bonds. The Bertz CT molecular complexity index is 251. The standard InChI is InChI=1S/C11H18N2O/c1-9(14-2)11(13-12)8-10-6-4-3-5-7-10/h3-7,9,11,13H,8,12H2,1-2H3. The van der Waals surface area contributed by atoms with Crippen LogP contribution in [0.15, 0.2) is 30.3 Å². The third kappa shape index (κ3) is 3.10. The summed E-state index contributed by atoms with van der Waals surface area (Å²) in [6, 6.07) is 10.4.